The number of aryl methyl sites for hydroxylation is 3. The van der Waals surface area contributed by atoms with E-state index in [0.717, 1.165) is 49.7 Å². The quantitative estimate of drug-likeness (QED) is 0.485. The van der Waals surface area contributed by atoms with Gasteiger partial charge < -0.3 is 0 Å². The minimum Gasteiger partial charge on any atom is -0.207 e. The molecule has 2 aromatic rings. The molecule has 0 N–H and O–H groups in total. The topological polar surface area (TPSA) is 0 Å². The highest BCUT2D eigenvalue weighted by atomic mass is 35.5. The van der Waals surface area contributed by atoms with Crippen LogP contribution >= 0.6 is 11.6 Å². The maximum Gasteiger partial charge on any atom is 0.127 e. The summed E-state index contributed by atoms with van der Waals surface area (Å²) in [7, 11) is 0. The molecule has 24 heavy (non-hydrogen) atoms. The predicted molar refractivity (Wildman–Crippen MR) is 97.6 cm³/mol. The van der Waals surface area contributed by atoms with Crippen molar-refractivity contribution in [2.24, 2.45) is 5.92 Å². The van der Waals surface area contributed by atoms with Gasteiger partial charge in [-0.3, -0.25) is 0 Å². The molecule has 0 radical (unpaired) electrons. The largest absolute Gasteiger partial charge is 0.207 e. The first-order chi connectivity index (χ1) is 11.5. The molecule has 1 atom stereocenters. The van der Waals surface area contributed by atoms with E-state index in [1.807, 2.05) is 13.0 Å². The summed E-state index contributed by atoms with van der Waals surface area (Å²) in [5.74, 6) is 0.154. The Bertz CT molecular complexity index is 611. The van der Waals surface area contributed by atoms with Crippen LogP contribution in [0.4, 0.5) is 8.78 Å². The van der Waals surface area contributed by atoms with Crippen LogP contribution in [-0.2, 0) is 12.8 Å². The van der Waals surface area contributed by atoms with Gasteiger partial charge in [0, 0.05) is 5.02 Å². The van der Waals surface area contributed by atoms with Crippen LogP contribution in [0.1, 0.15) is 49.3 Å². The predicted octanol–water partition coefficient (Wildman–Crippen LogP) is 6.91. The van der Waals surface area contributed by atoms with Crippen molar-refractivity contribution in [3.8, 4) is 0 Å². The molecule has 2 aromatic carbocycles. The van der Waals surface area contributed by atoms with Gasteiger partial charge in [0.25, 0.3) is 0 Å². The highest BCUT2D eigenvalue weighted by Crippen LogP contribution is 2.24. The summed E-state index contributed by atoms with van der Waals surface area (Å²) in [4.78, 5) is 0. The molecule has 0 amide bonds. The summed E-state index contributed by atoms with van der Waals surface area (Å²) in [5, 5.41) is 0.438. The smallest absolute Gasteiger partial charge is 0.127 e. The normalized spacial score (nSPS) is 12.4. The van der Waals surface area contributed by atoms with Gasteiger partial charge in [0.1, 0.15) is 11.6 Å². The minimum absolute atomic E-state index is 0.181. The van der Waals surface area contributed by atoms with Crippen molar-refractivity contribution in [1.29, 1.82) is 0 Å². The maximum absolute atomic E-state index is 13.9. The van der Waals surface area contributed by atoms with Gasteiger partial charge in [0.2, 0.25) is 0 Å². The van der Waals surface area contributed by atoms with Gasteiger partial charge in [0.15, 0.2) is 0 Å². The third-order valence-corrected chi connectivity index (χ3v) is 4.90. The van der Waals surface area contributed by atoms with Crippen LogP contribution in [0.25, 0.3) is 0 Å². The summed E-state index contributed by atoms with van der Waals surface area (Å²) < 4.78 is 27.1. The molecule has 0 fully saturated rings. The monoisotopic (exact) mass is 350 g/mol. The second kappa shape index (κ2) is 9.17. The molecule has 0 spiro atoms. The SMILES string of the molecule is CCCC(CCc1ccc(F)cc1C)CCc1ccc(Cl)cc1F. The van der Waals surface area contributed by atoms with Crippen molar-refractivity contribution < 1.29 is 8.78 Å². The average molecular weight is 351 g/mol. The molecular weight excluding hydrogens is 326 g/mol. The summed E-state index contributed by atoms with van der Waals surface area (Å²) in [6.45, 7) is 4.13. The van der Waals surface area contributed by atoms with E-state index in [1.165, 1.54) is 17.7 Å². The Hall–Kier alpha value is -1.41. The van der Waals surface area contributed by atoms with Crippen LogP contribution in [0.5, 0.6) is 0 Å². The van der Waals surface area contributed by atoms with Crippen LogP contribution in [-0.4, -0.2) is 0 Å². The zero-order valence-electron chi connectivity index (χ0n) is 14.4. The molecule has 2 rings (SSSR count). The van der Waals surface area contributed by atoms with Crippen molar-refractivity contribution >= 4 is 11.6 Å². The van der Waals surface area contributed by atoms with E-state index in [-0.39, 0.29) is 11.6 Å². The Balaban J connectivity index is 1.93. The Labute approximate surface area is 148 Å². The fourth-order valence-electron chi connectivity index (χ4n) is 3.22. The van der Waals surface area contributed by atoms with Gasteiger partial charge in [-0.1, -0.05) is 43.5 Å². The molecule has 1 unspecified atom stereocenters. The van der Waals surface area contributed by atoms with E-state index < -0.39 is 0 Å². The van der Waals surface area contributed by atoms with Crippen molar-refractivity contribution in [1.82, 2.24) is 0 Å². The molecule has 130 valence electrons. The second-order valence-electron chi connectivity index (χ2n) is 6.54. The van der Waals surface area contributed by atoms with Crippen LogP contribution in [0, 0.1) is 24.5 Å². The zero-order valence-corrected chi connectivity index (χ0v) is 15.2. The fourth-order valence-corrected chi connectivity index (χ4v) is 3.38. The molecule has 0 aliphatic carbocycles. The standard InChI is InChI=1S/C21H25ClF2/c1-3-4-16(5-7-17-10-12-20(23)13-15(17)2)6-8-18-9-11-19(22)14-21(18)24/h9-14,16H,3-8H2,1-2H3. The Kier molecular flexibility index (Phi) is 7.23. The highest BCUT2D eigenvalue weighted by molar-refractivity contribution is 6.30. The third-order valence-electron chi connectivity index (χ3n) is 4.66. The van der Waals surface area contributed by atoms with E-state index in [4.69, 9.17) is 11.6 Å². The highest BCUT2D eigenvalue weighted by Gasteiger charge is 2.12. The molecule has 0 heterocycles. The van der Waals surface area contributed by atoms with Gasteiger partial charge in [-0.05, 0) is 79.5 Å². The van der Waals surface area contributed by atoms with Crippen LogP contribution < -0.4 is 0 Å². The summed E-state index contributed by atoms with van der Waals surface area (Å²) in [6.07, 6.45) is 5.95. The molecule has 0 aliphatic heterocycles. The lowest BCUT2D eigenvalue weighted by atomic mass is 9.89. The van der Waals surface area contributed by atoms with E-state index in [2.05, 4.69) is 6.92 Å². The lowest BCUT2D eigenvalue weighted by Crippen LogP contribution is -2.06. The maximum atomic E-state index is 13.9. The number of hydrogen-bond donors (Lipinski definition) is 0. The Morgan fingerprint density at radius 2 is 1.58 bits per heavy atom. The van der Waals surface area contributed by atoms with E-state index in [1.54, 1.807) is 18.2 Å². The molecule has 0 aliphatic rings. The lowest BCUT2D eigenvalue weighted by Gasteiger charge is -2.17. The van der Waals surface area contributed by atoms with Gasteiger partial charge in [-0.2, -0.15) is 0 Å². The molecule has 0 saturated heterocycles. The summed E-state index contributed by atoms with van der Waals surface area (Å²) >= 11 is 5.81. The number of rotatable bonds is 8. The van der Waals surface area contributed by atoms with Crippen molar-refractivity contribution in [2.45, 2.75) is 52.4 Å². The summed E-state index contributed by atoms with van der Waals surface area (Å²) in [6, 6.07) is 9.91. The van der Waals surface area contributed by atoms with Crippen LogP contribution in [0.3, 0.4) is 0 Å². The summed E-state index contributed by atoms with van der Waals surface area (Å²) in [5.41, 5.74) is 2.95. The molecule has 0 bridgehead atoms. The van der Waals surface area contributed by atoms with Gasteiger partial charge in [0.05, 0.1) is 0 Å². The number of hydrogen-bond acceptors (Lipinski definition) is 0. The first-order valence-electron chi connectivity index (χ1n) is 8.68. The molecule has 0 aromatic heterocycles. The van der Waals surface area contributed by atoms with Gasteiger partial charge >= 0.3 is 0 Å². The van der Waals surface area contributed by atoms with Crippen molar-refractivity contribution in [3.05, 3.63) is 69.7 Å². The van der Waals surface area contributed by atoms with Crippen LogP contribution in [0.15, 0.2) is 36.4 Å². The molecule has 3 heteroatoms. The molecule has 0 nitrogen and oxygen atoms in total. The van der Waals surface area contributed by atoms with E-state index in [9.17, 15) is 8.78 Å². The van der Waals surface area contributed by atoms with Gasteiger partial charge in [-0.15, -0.1) is 0 Å². The Morgan fingerprint density at radius 1 is 0.917 bits per heavy atom. The molecular formula is C21H25ClF2. The molecule has 0 saturated carbocycles. The Morgan fingerprint density at radius 3 is 2.21 bits per heavy atom. The first kappa shape index (κ1) is 18.9. The van der Waals surface area contributed by atoms with Crippen LogP contribution in [0.2, 0.25) is 5.02 Å². The number of benzene rings is 2. The van der Waals surface area contributed by atoms with Crippen molar-refractivity contribution in [3.63, 3.8) is 0 Å². The minimum atomic E-state index is -0.216. The third kappa shape index (κ3) is 5.59. The van der Waals surface area contributed by atoms with E-state index >= 15 is 0 Å². The lowest BCUT2D eigenvalue weighted by molar-refractivity contribution is 0.412. The van der Waals surface area contributed by atoms with Gasteiger partial charge in [-0.25, -0.2) is 8.78 Å². The average Bonchev–Trinajstić information content (AvgIpc) is 2.52. The zero-order chi connectivity index (χ0) is 17.5. The fraction of sp³-hybridized carbons (Fsp3) is 0.429. The van der Waals surface area contributed by atoms with E-state index in [0.29, 0.717) is 10.9 Å². The second-order valence-corrected chi connectivity index (χ2v) is 6.98. The first-order valence-corrected chi connectivity index (χ1v) is 9.06. The van der Waals surface area contributed by atoms with Crippen molar-refractivity contribution in [2.75, 3.05) is 0 Å². The number of halogens is 3.